The number of hydrogen-bond acceptors (Lipinski definition) is 1. The maximum atomic E-state index is 12.5. The molecule has 0 spiro atoms. The van der Waals surface area contributed by atoms with Crippen LogP contribution in [0.3, 0.4) is 0 Å². The van der Waals surface area contributed by atoms with Gasteiger partial charge in [-0.1, -0.05) is 31.9 Å². The molecule has 1 aromatic carbocycles. The van der Waals surface area contributed by atoms with Crippen LogP contribution in [-0.4, -0.2) is 5.11 Å². The maximum absolute atomic E-state index is 12.5. The molecule has 1 fully saturated rings. The predicted octanol–water partition coefficient (Wildman–Crippen LogP) is 4.57. The highest BCUT2D eigenvalue weighted by molar-refractivity contribution is 5.26. The van der Waals surface area contributed by atoms with E-state index >= 15 is 0 Å². The second kappa shape index (κ2) is 5.53. The van der Waals surface area contributed by atoms with Gasteiger partial charge in [-0.15, -0.1) is 0 Å². The average Bonchev–Trinajstić information content (AvgIpc) is 2.38. The minimum absolute atomic E-state index is 0.174. The zero-order valence-corrected chi connectivity index (χ0v) is 11.0. The van der Waals surface area contributed by atoms with Gasteiger partial charge in [0.05, 0.1) is 11.7 Å². The second-order valence-corrected chi connectivity index (χ2v) is 5.58. The summed E-state index contributed by atoms with van der Waals surface area (Å²) in [5.74, 6) is 0.865. The molecule has 1 N–H and O–H groups in total. The van der Waals surface area contributed by atoms with Gasteiger partial charge in [-0.3, -0.25) is 0 Å². The smallest absolute Gasteiger partial charge is 0.388 e. The third kappa shape index (κ3) is 3.50. The first-order valence-corrected chi connectivity index (χ1v) is 6.73. The van der Waals surface area contributed by atoms with Crippen LogP contribution in [-0.2, 0) is 6.18 Å². The Morgan fingerprint density at radius 2 is 1.58 bits per heavy atom. The normalized spacial score (nSPS) is 26.2. The quantitative estimate of drug-likeness (QED) is 0.836. The van der Waals surface area contributed by atoms with Gasteiger partial charge in [0.15, 0.2) is 0 Å². The fourth-order valence-corrected chi connectivity index (χ4v) is 2.74. The number of alkyl halides is 3. The summed E-state index contributed by atoms with van der Waals surface area (Å²) in [6.07, 6.45) is -0.893. The molecule has 1 aromatic rings. The van der Waals surface area contributed by atoms with Crippen molar-refractivity contribution in [2.24, 2.45) is 11.8 Å². The molecule has 1 atom stereocenters. The fraction of sp³-hybridized carbons (Fsp3) is 0.600. The Balaban J connectivity index is 2.05. The number of benzene rings is 1. The average molecular weight is 272 g/mol. The lowest BCUT2D eigenvalue weighted by atomic mass is 9.78. The first kappa shape index (κ1) is 14.4. The molecule has 4 heteroatoms. The Kier molecular flexibility index (Phi) is 4.19. The molecule has 0 radical (unpaired) electrons. The summed E-state index contributed by atoms with van der Waals surface area (Å²) in [6, 6.07) is 4.88. The summed E-state index contributed by atoms with van der Waals surface area (Å²) in [5.41, 5.74) is -0.0757. The van der Waals surface area contributed by atoms with Crippen molar-refractivity contribution in [3.63, 3.8) is 0 Å². The summed E-state index contributed by atoms with van der Waals surface area (Å²) >= 11 is 0. The van der Waals surface area contributed by atoms with Crippen LogP contribution < -0.4 is 0 Å². The lowest BCUT2D eigenvalue weighted by Crippen LogP contribution is -2.19. The Morgan fingerprint density at radius 1 is 1.05 bits per heavy atom. The Labute approximate surface area is 111 Å². The molecule has 1 aliphatic rings. The summed E-state index contributed by atoms with van der Waals surface area (Å²) < 4.78 is 37.4. The van der Waals surface area contributed by atoms with Crippen molar-refractivity contribution in [1.29, 1.82) is 0 Å². The van der Waals surface area contributed by atoms with E-state index < -0.39 is 17.8 Å². The molecular formula is C15H19F3O. The molecule has 1 aliphatic carbocycles. The molecule has 0 bridgehead atoms. The number of hydrogen-bond donors (Lipinski definition) is 1. The highest BCUT2D eigenvalue weighted by atomic mass is 19.4. The van der Waals surface area contributed by atoms with E-state index in [1.165, 1.54) is 12.1 Å². The molecule has 0 heterocycles. The van der Waals surface area contributed by atoms with Crippen LogP contribution in [0.5, 0.6) is 0 Å². The molecular weight excluding hydrogens is 253 g/mol. The van der Waals surface area contributed by atoms with Crippen LogP contribution in [0.25, 0.3) is 0 Å². The monoisotopic (exact) mass is 272 g/mol. The van der Waals surface area contributed by atoms with E-state index in [1.54, 1.807) is 0 Å². The minimum atomic E-state index is -4.32. The van der Waals surface area contributed by atoms with Crippen LogP contribution in [0.15, 0.2) is 24.3 Å². The largest absolute Gasteiger partial charge is 0.416 e. The van der Waals surface area contributed by atoms with Gasteiger partial charge < -0.3 is 5.11 Å². The standard InChI is InChI=1S/C15H19F3O/c1-10-2-4-11(5-3-10)14(19)12-6-8-13(9-7-12)15(16,17)18/h6-11,14,19H,2-5H2,1H3. The van der Waals surface area contributed by atoms with Crippen molar-refractivity contribution in [1.82, 2.24) is 0 Å². The predicted molar refractivity (Wildman–Crippen MR) is 67.5 cm³/mol. The van der Waals surface area contributed by atoms with E-state index in [0.717, 1.165) is 37.8 Å². The molecule has 106 valence electrons. The summed E-state index contributed by atoms with van der Waals surface area (Å²) in [7, 11) is 0. The van der Waals surface area contributed by atoms with E-state index in [-0.39, 0.29) is 5.92 Å². The second-order valence-electron chi connectivity index (χ2n) is 5.58. The SMILES string of the molecule is CC1CCC(C(O)c2ccc(C(F)(F)F)cc2)CC1. The third-order valence-electron chi connectivity index (χ3n) is 4.09. The van der Waals surface area contributed by atoms with Crippen molar-refractivity contribution in [2.75, 3.05) is 0 Å². The molecule has 0 saturated heterocycles. The van der Waals surface area contributed by atoms with Crippen LogP contribution in [0.2, 0.25) is 0 Å². The van der Waals surface area contributed by atoms with Gasteiger partial charge in [-0.05, 0) is 42.4 Å². The van der Waals surface area contributed by atoms with Crippen LogP contribution >= 0.6 is 0 Å². The van der Waals surface area contributed by atoms with Crippen molar-refractivity contribution in [3.05, 3.63) is 35.4 Å². The first-order valence-electron chi connectivity index (χ1n) is 6.73. The van der Waals surface area contributed by atoms with Gasteiger partial charge in [0.1, 0.15) is 0 Å². The van der Waals surface area contributed by atoms with Crippen LogP contribution in [0.4, 0.5) is 13.2 Å². The van der Waals surface area contributed by atoms with Gasteiger partial charge in [-0.2, -0.15) is 13.2 Å². The van der Waals surface area contributed by atoms with Gasteiger partial charge in [0.25, 0.3) is 0 Å². The lowest BCUT2D eigenvalue weighted by molar-refractivity contribution is -0.137. The summed E-state index contributed by atoms with van der Waals surface area (Å²) in [4.78, 5) is 0. The van der Waals surface area contributed by atoms with Crippen molar-refractivity contribution in [3.8, 4) is 0 Å². The van der Waals surface area contributed by atoms with E-state index in [0.29, 0.717) is 11.5 Å². The number of halogens is 3. The van der Waals surface area contributed by atoms with E-state index in [2.05, 4.69) is 6.92 Å². The third-order valence-corrected chi connectivity index (χ3v) is 4.09. The summed E-state index contributed by atoms with van der Waals surface area (Å²) in [5, 5.41) is 10.2. The minimum Gasteiger partial charge on any atom is -0.388 e. The van der Waals surface area contributed by atoms with Gasteiger partial charge >= 0.3 is 6.18 Å². The zero-order chi connectivity index (χ0) is 14.0. The highest BCUT2D eigenvalue weighted by Crippen LogP contribution is 2.37. The summed E-state index contributed by atoms with van der Waals surface area (Å²) in [6.45, 7) is 2.20. The number of rotatable bonds is 2. The van der Waals surface area contributed by atoms with E-state index in [1.807, 2.05) is 0 Å². The van der Waals surface area contributed by atoms with E-state index in [9.17, 15) is 18.3 Å². The number of aliphatic hydroxyl groups excluding tert-OH is 1. The fourth-order valence-electron chi connectivity index (χ4n) is 2.74. The van der Waals surface area contributed by atoms with Gasteiger partial charge in [-0.25, -0.2) is 0 Å². The zero-order valence-electron chi connectivity index (χ0n) is 11.0. The van der Waals surface area contributed by atoms with Gasteiger partial charge in [0, 0.05) is 0 Å². The van der Waals surface area contributed by atoms with Crippen molar-refractivity contribution >= 4 is 0 Å². The van der Waals surface area contributed by atoms with Crippen LogP contribution in [0.1, 0.15) is 49.8 Å². The Hall–Kier alpha value is -1.03. The molecule has 0 aliphatic heterocycles. The van der Waals surface area contributed by atoms with E-state index in [4.69, 9.17) is 0 Å². The molecule has 1 unspecified atom stereocenters. The van der Waals surface area contributed by atoms with Crippen molar-refractivity contribution in [2.45, 2.75) is 44.9 Å². The Bertz CT molecular complexity index is 402. The first-order chi connectivity index (χ1) is 8.88. The van der Waals surface area contributed by atoms with Crippen molar-refractivity contribution < 1.29 is 18.3 Å². The lowest BCUT2D eigenvalue weighted by Gasteiger charge is -2.30. The number of aliphatic hydroxyl groups is 1. The topological polar surface area (TPSA) is 20.2 Å². The highest BCUT2D eigenvalue weighted by Gasteiger charge is 2.31. The molecule has 0 amide bonds. The molecule has 0 aromatic heterocycles. The molecule has 1 nitrogen and oxygen atoms in total. The molecule has 2 rings (SSSR count). The molecule has 19 heavy (non-hydrogen) atoms. The maximum Gasteiger partial charge on any atom is 0.416 e. The van der Waals surface area contributed by atoms with Gasteiger partial charge in [0.2, 0.25) is 0 Å². The molecule has 1 saturated carbocycles. The van der Waals surface area contributed by atoms with Crippen LogP contribution in [0, 0.1) is 11.8 Å². The Morgan fingerprint density at radius 3 is 2.05 bits per heavy atom.